The van der Waals surface area contributed by atoms with Crippen LogP contribution in [0.1, 0.15) is 10.4 Å². The molecule has 0 spiro atoms. The van der Waals surface area contributed by atoms with Gasteiger partial charge >= 0.3 is 5.97 Å². The largest absolute Gasteiger partial charge is 0.480 e. The van der Waals surface area contributed by atoms with Gasteiger partial charge in [0.2, 0.25) is 0 Å². The first-order valence-electron chi connectivity index (χ1n) is 4.76. The molecule has 0 fully saturated rings. The van der Waals surface area contributed by atoms with E-state index in [9.17, 15) is 4.79 Å². The van der Waals surface area contributed by atoms with E-state index >= 15 is 0 Å². The third-order valence-electron chi connectivity index (χ3n) is 1.85. The van der Waals surface area contributed by atoms with E-state index in [4.69, 9.17) is 21.4 Å². The summed E-state index contributed by atoms with van der Waals surface area (Å²) >= 11 is 5.80. The molecule has 5 heteroatoms. The first-order chi connectivity index (χ1) is 8.19. The predicted molar refractivity (Wildman–Crippen MR) is 63.1 cm³/mol. The second-order valence-electron chi connectivity index (χ2n) is 2.93. The summed E-state index contributed by atoms with van der Waals surface area (Å²) in [5.74, 6) is 4.79. The maximum absolute atomic E-state index is 11.4. The summed E-state index contributed by atoms with van der Waals surface area (Å²) in [6, 6.07) is 4.59. The van der Waals surface area contributed by atoms with Crippen molar-refractivity contribution >= 4 is 17.6 Å². The highest BCUT2D eigenvalue weighted by molar-refractivity contribution is 6.30. The van der Waals surface area contributed by atoms with Crippen LogP contribution in [0.3, 0.4) is 0 Å². The number of aliphatic hydroxyl groups excluding tert-OH is 1. The molecule has 0 aliphatic rings. The number of carbonyl (C=O) groups excluding carboxylic acids is 1. The molecule has 1 aromatic carbocycles. The van der Waals surface area contributed by atoms with E-state index in [0.29, 0.717) is 10.8 Å². The smallest absolute Gasteiger partial charge is 0.341 e. The van der Waals surface area contributed by atoms with Crippen LogP contribution in [0.25, 0.3) is 0 Å². The minimum Gasteiger partial charge on any atom is -0.480 e. The van der Waals surface area contributed by atoms with Gasteiger partial charge in [0.1, 0.15) is 24.5 Å². The van der Waals surface area contributed by atoms with Crippen LogP contribution in [0.2, 0.25) is 5.02 Å². The second kappa shape index (κ2) is 6.79. The third-order valence-corrected chi connectivity index (χ3v) is 2.09. The van der Waals surface area contributed by atoms with Crippen LogP contribution in [-0.2, 0) is 4.74 Å². The molecule has 0 heterocycles. The van der Waals surface area contributed by atoms with Gasteiger partial charge < -0.3 is 14.6 Å². The summed E-state index contributed by atoms with van der Waals surface area (Å²) in [5, 5.41) is 8.91. The van der Waals surface area contributed by atoms with Crippen LogP contribution < -0.4 is 4.74 Å². The van der Waals surface area contributed by atoms with Crippen molar-refractivity contribution < 1.29 is 19.4 Å². The van der Waals surface area contributed by atoms with E-state index in [2.05, 4.69) is 16.6 Å². The van der Waals surface area contributed by atoms with Gasteiger partial charge in [-0.3, -0.25) is 0 Å². The van der Waals surface area contributed by atoms with Crippen molar-refractivity contribution in [3.05, 3.63) is 28.8 Å². The summed E-state index contributed by atoms with van der Waals surface area (Å²) in [7, 11) is 1.28. The zero-order chi connectivity index (χ0) is 12.7. The van der Waals surface area contributed by atoms with E-state index in [1.165, 1.54) is 19.2 Å². The van der Waals surface area contributed by atoms with Crippen molar-refractivity contribution in [1.29, 1.82) is 0 Å². The van der Waals surface area contributed by atoms with Gasteiger partial charge in [0.05, 0.1) is 7.11 Å². The highest BCUT2D eigenvalue weighted by Crippen LogP contribution is 2.23. The van der Waals surface area contributed by atoms with Gasteiger partial charge in [-0.15, -0.1) is 0 Å². The molecular formula is C12H11ClO4. The highest BCUT2D eigenvalue weighted by Gasteiger charge is 2.13. The maximum atomic E-state index is 11.4. The Morgan fingerprint density at radius 1 is 1.47 bits per heavy atom. The minimum absolute atomic E-state index is 0.0604. The van der Waals surface area contributed by atoms with Gasteiger partial charge in [0.25, 0.3) is 0 Å². The highest BCUT2D eigenvalue weighted by atomic mass is 35.5. The van der Waals surface area contributed by atoms with Crippen LogP contribution in [-0.4, -0.2) is 31.4 Å². The number of ether oxygens (including phenoxy) is 2. The number of rotatable bonds is 3. The lowest BCUT2D eigenvalue weighted by molar-refractivity contribution is 0.0596. The molecule has 4 nitrogen and oxygen atoms in total. The third kappa shape index (κ3) is 3.99. The van der Waals surface area contributed by atoms with Crippen molar-refractivity contribution in [1.82, 2.24) is 0 Å². The van der Waals surface area contributed by atoms with E-state index < -0.39 is 5.97 Å². The number of hydrogen-bond acceptors (Lipinski definition) is 4. The topological polar surface area (TPSA) is 55.8 Å². The molecule has 0 atom stereocenters. The van der Waals surface area contributed by atoms with E-state index in [-0.39, 0.29) is 18.8 Å². The summed E-state index contributed by atoms with van der Waals surface area (Å²) in [6.07, 6.45) is 0. The Morgan fingerprint density at radius 3 is 2.88 bits per heavy atom. The Balaban J connectivity index is 2.87. The second-order valence-corrected chi connectivity index (χ2v) is 3.37. The van der Waals surface area contributed by atoms with Gasteiger partial charge in [-0.1, -0.05) is 23.4 Å². The zero-order valence-electron chi connectivity index (χ0n) is 9.20. The molecular weight excluding hydrogens is 244 g/mol. The predicted octanol–water partition coefficient (Wildman–Crippen LogP) is 1.50. The number of aliphatic hydroxyl groups is 1. The maximum Gasteiger partial charge on any atom is 0.341 e. The fourth-order valence-electron chi connectivity index (χ4n) is 1.11. The quantitative estimate of drug-likeness (QED) is 0.656. The number of carbonyl (C=O) groups is 1. The molecule has 0 radical (unpaired) electrons. The fraction of sp³-hybridized carbons (Fsp3) is 0.250. The number of methoxy groups -OCH3 is 1. The molecule has 1 rings (SSSR count). The summed E-state index contributed by atoms with van der Waals surface area (Å²) < 4.78 is 9.88. The lowest BCUT2D eigenvalue weighted by Crippen LogP contribution is -2.06. The Labute approximate surface area is 104 Å². The lowest BCUT2D eigenvalue weighted by atomic mass is 10.2. The Kier molecular flexibility index (Phi) is 5.34. The van der Waals surface area contributed by atoms with E-state index in [1.807, 2.05) is 0 Å². The zero-order valence-corrected chi connectivity index (χ0v) is 9.95. The molecule has 17 heavy (non-hydrogen) atoms. The monoisotopic (exact) mass is 254 g/mol. The van der Waals surface area contributed by atoms with Crippen LogP contribution in [0.5, 0.6) is 5.75 Å². The number of benzene rings is 1. The van der Waals surface area contributed by atoms with Crippen molar-refractivity contribution in [2.45, 2.75) is 0 Å². The first kappa shape index (κ1) is 13.4. The molecule has 0 aliphatic heterocycles. The Hall–Kier alpha value is -1.70. The number of hydrogen-bond donors (Lipinski definition) is 1. The molecule has 0 aromatic heterocycles. The Morgan fingerprint density at radius 2 is 2.24 bits per heavy atom. The normalized spacial score (nSPS) is 9.12. The standard InChI is InChI=1S/C12H11ClO4/c1-16-12(15)10-5-4-9(13)8-11(10)17-7-3-2-6-14/h4-5,8,14H,6-7H2,1H3. The first-order valence-corrected chi connectivity index (χ1v) is 5.14. The minimum atomic E-state index is -0.508. The average Bonchev–Trinajstić information content (AvgIpc) is 2.34. The van der Waals surface area contributed by atoms with Crippen LogP contribution in [0, 0.1) is 11.8 Å². The average molecular weight is 255 g/mol. The number of halogens is 1. The van der Waals surface area contributed by atoms with Crippen LogP contribution in [0.15, 0.2) is 18.2 Å². The van der Waals surface area contributed by atoms with Crippen molar-refractivity contribution in [2.75, 3.05) is 20.3 Å². The Bertz CT molecular complexity index is 459. The molecule has 1 N–H and O–H groups in total. The molecule has 0 saturated carbocycles. The van der Waals surface area contributed by atoms with Gasteiger partial charge in [-0.25, -0.2) is 4.79 Å². The molecule has 0 bridgehead atoms. The molecule has 90 valence electrons. The van der Waals surface area contributed by atoms with Gasteiger partial charge in [-0.2, -0.15) is 0 Å². The SMILES string of the molecule is COC(=O)c1ccc(Cl)cc1OCC#CCO. The number of esters is 1. The van der Waals surface area contributed by atoms with Crippen molar-refractivity contribution in [2.24, 2.45) is 0 Å². The van der Waals surface area contributed by atoms with Gasteiger partial charge in [-0.05, 0) is 18.2 Å². The van der Waals surface area contributed by atoms with Crippen LogP contribution in [0.4, 0.5) is 0 Å². The molecule has 0 unspecified atom stereocenters. The molecule has 0 aliphatic carbocycles. The van der Waals surface area contributed by atoms with E-state index in [0.717, 1.165) is 0 Å². The lowest BCUT2D eigenvalue weighted by Gasteiger charge is -2.08. The molecule has 0 saturated heterocycles. The van der Waals surface area contributed by atoms with E-state index in [1.54, 1.807) is 6.07 Å². The van der Waals surface area contributed by atoms with Crippen molar-refractivity contribution in [3.8, 4) is 17.6 Å². The fourth-order valence-corrected chi connectivity index (χ4v) is 1.28. The summed E-state index contributed by atoms with van der Waals surface area (Å²) in [6.45, 7) is -0.173. The molecule has 1 aromatic rings. The summed E-state index contributed by atoms with van der Waals surface area (Å²) in [4.78, 5) is 11.4. The molecule has 0 amide bonds. The van der Waals surface area contributed by atoms with Gasteiger partial charge in [0, 0.05) is 5.02 Å². The van der Waals surface area contributed by atoms with Crippen molar-refractivity contribution in [3.63, 3.8) is 0 Å². The van der Waals surface area contributed by atoms with Crippen LogP contribution >= 0.6 is 11.6 Å². The van der Waals surface area contributed by atoms with Gasteiger partial charge in [0.15, 0.2) is 0 Å². The summed E-state index contributed by atoms with van der Waals surface area (Å²) in [5.41, 5.74) is 0.280.